The number of benzene rings is 1. The summed E-state index contributed by atoms with van der Waals surface area (Å²) in [6, 6.07) is 9.23. The molecule has 11 nitrogen and oxygen atoms in total. The number of carboxylic acid groups (broad SMARTS) is 1. The molecule has 0 saturated carbocycles. The molecule has 0 bridgehead atoms. The number of amides is 2. The third-order valence-corrected chi connectivity index (χ3v) is 6.48. The first-order valence-corrected chi connectivity index (χ1v) is 11.5. The fourth-order valence-corrected chi connectivity index (χ4v) is 4.98. The van der Waals surface area contributed by atoms with Gasteiger partial charge in [-0.2, -0.15) is 5.10 Å². The third-order valence-electron chi connectivity index (χ3n) is 4.32. The van der Waals surface area contributed by atoms with E-state index in [9.17, 15) is 18.0 Å². The van der Waals surface area contributed by atoms with Crippen LogP contribution in [0.1, 0.15) is 25.8 Å². The molecule has 0 aliphatic rings. The number of anilines is 1. The number of hydrogen-bond donors (Lipinski definition) is 3. The van der Waals surface area contributed by atoms with Crippen LogP contribution in [-0.4, -0.2) is 59.9 Å². The van der Waals surface area contributed by atoms with Gasteiger partial charge in [0.2, 0.25) is 10.0 Å². The van der Waals surface area contributed by atoms with Crippen molar-refractivity contribution in [3.63, 3.8) is 0 Å². The van der Waals surface area contributed by atoms with E-state index < -0.39 is 33.5 Å². The topological polar surface area (TPSA) is 143 Å². The Kier molecular flexibility index (Phi) is 8.47. The Bertz CT molecular complexity index is 1010. The smallest absolute Gasteiger partial charge is 0.407 e. The summed E-state index contributed by atoms with van der Waals surface area (Å²) >= 11 is 0. The molecule has 3 N–H and O–H groups in total. The van der Waals surface area contributed by atoms with Gasteiger partial charge >= 0.3 is 12.2 Å². The summed E-state index contributed by atoms with van der Waals surface area (Å²) < 4.78 is 33.9. The van der Waals surface area contributed by atoms with E-state index in [2.05, 4.69) is 15.7 Å². The van der Waals surface area contributed by atoms with E-state index in [1.165, 1.54) is 29.0 Å². The van der Waals surface area contributed by atoms with Crippen LogP contribution >= 0.6 is 0 Å². The van der Waals surface area contributed by atoms with Crippen LogP contribution in [0.25, 0.3) is 0 Å². The van der Waals surface area contributed by atoms with Crippen LogP contribution in [0.2, 0.25) is 0 Å². The molecule has 0 unspecified atom stereocenters. The minimum Gasteiger partial charge on any atom is -0.465 e. The molecule has 0 radical (unpaired) electrons. The summed E-state index contributed by atoms with van der Waals surface area (Å²) in [6.07, 6.45) is 1.36. The SMILES string of the molecule is Cn1cc(N(CCCNC(=O)OCc2ccccc2)S(=O)(=O)CC(C)(C)NC(=O)O)cn1. The van der Waals surface area contributed by atoms with Crippen molar-refractivity contribution in [2.75, 3.05) is 23.1 Å². The van der Waals surface area contributed by atoms with Crippen molar-refractivity contribution in [3.8, 4) is 0 Å². The Morgan fingerprint density at radius 2 is 1.94 bits per heavy atom. The maximum Gasteiger partial charge on any atom is 0.407 e. The fraction of sp³-hybridized carbons (Fsp3) is 0.450. The predicted octanol–water partition coefficient (Wildman–Crippen LogP) is 1.92. The average molecular weight is 468 g/mol. The number of nitrogens with one attached hydrogen (secondary N) is 2. The lowest BCUT2D eigenvalue weighted by molar-refractivity contribution is 0.139. The van der Waals surface area contributed by atoms with E-state index in [0.29, 0.717) is 12.1 Å². The van der Waals surface area contributed by atoms with Crippen molar-refractivity contribution in [1.82, 2.24) is 20.4 Å². The Hall–Kier alpha value is -3.28. The number of nitrogens with zero attached hydrogens (tertiary/aromatic N) is 3. The van der Waals surface area contributed by atoms with Gasteiger partial charge < -0.3 is 20.5 Å². The molecule has 0 aliphatic carbocycles. The standard InChI is InChI=1S/C20H29N5O6S/c1-20(2,23-18(26)27)15-32(29,30)25(17-12-22-24(3)13-17)11-7-10-21-19(28)31-14-16-8-5-4-6-9-16/h4-6,8-9,12-13,23H,7,10-11,14-15H2,1-3H3,(H,21,28)(H,26,27). The maximum absolute atomic E-state index is 13.1. The van der Waals surface area contributed by atoms with Gasteiger partial charge in [-0.05, 0) is 25.8 Å². The van der Waals surface area contributed by atoms with Gasteiger partial charge in [-0.25, -0.2) is 18.0 Å². The van der Waals surface area contributed by atoms with Crippen molar-refractivity contribution >= 4 is 27.9 Å². The van der Waals surface area contributed by atoms with Gasteiger partial charge in [0.25, 0.3) is 0 Å². The number of aryl methyl sites for hydroxylation is 1. The van der Waals surface area contributed by atoms with Crippen molar-refractivity contribution in [2.45, 2.75) is 32.4 Å². The molecule has 12 heteroatoms. The van der Waals surface area contributed by atoms with E-state index in [-0.39, 0.29) is 19.7 Å². The van der Waals surface area contributed by atoms with E-state index in [1.807, 2.05) is 30.3 Å². The zero-order valence-corrected chi connectivity index (χ0v) is 19.1. The summed E-state index contributed by atoms with van der Waals surface area (Å²) in [5.41, 5.74) is 0.00399. The Labute approximate surface area is 187 Å². The zero-order valence-electron chi connectivity index (χ0n) is 18.3. The molecule has 0 atom stereocenters. The molecule has 0 saturated heterocycles. The van der Waals surface area contributed by atoms with E-state index in [4.69, 9.17) is 9.84 Å². The number of sulfonamides is 1. The number of rotatable bonds is 11. The minimum absolute atomic E-state index is 0.0656. The average Bonchev–Trinajstić information content (AvgIpc) is 3.10. The maximum atomic E-state index is 13.1. The highest BCUT2D eigenvalue weighted by Gasteiger charge is 2.32. The first kappa shape index (κ1) is 25.0. The normalized spacial score (nSPS) is 11.6. The molecule has 0 aliphatic heterocycles. The summed E-state index contributed by atoms with van der Waals surface area (Å²) in [6.45, 7) is 3.37. The van der Waals surface area contributed by atoms with Gasteiger partial charge in [0, 0.05) is 26.3 Å². The summed E-state index contributed by atoms with van der Waals surface area (Å²) in [7, 11) is -2.24. The van der Waals surface area contributed by atoms with Crippen LogP contribution in [0, 0.1) is 0 Å². The van der Waals surface area contributed by atoms with Crippen LogP contribution in [-0.2, 0) is 28.4 Å². The highest BCUT2D eigenvalue weighted by atomic mass is 32.2. The van der Waals surface area contributed by atoms with E-state index in [1.54, 1.807) is 13.2 Å². The van der Waals surface area contributed by atoms with Gasteiger partial charge in [-0.15, -0.1) is 0 Å². The van der Waals surface area contributed by atoms with Gasteiger partial charge in [0.05, 0.1) is 23.2 Å². The molecule has 2 amide bonds. The first-order chi connectivity index (χ1) is 15.0. The van der Waals surface area contributed by atoms with Gasteiger partial charge in [-0.1, -0.05) is 30.3 Å². The molecule has 1 aromatic carbocycles. The molecule has 2 rings (SSSR count). The van der Waals surface area contributed by atoms with E-state index >= 15 is 0 Å². The number of carbonyl (C=O) groups is 2. The van der Waals surface area contributed by atoms with Crippen molar-refractivity contribution in [1.29, 1.82) is 0 Å². The minimum atomic E-state index is -3.90. The third kappa shape index (κ3) is 8.10. The van der Waals surface area contributed by atoms with Crippen molar-refractivity contribution < 1.29 is 27.9 Å². The number of aromatic nitrogens is 2. The van der Waals surface area contributed by atoms with Crippen LogP contribution in [0.15, 0.2) is 42.7 Å². The molecule has 176 valence electrons. The molecular weight excluding hydrogens is 438 g/mol. The Morgan fingerprint density at radius 3 is 2.53 bits per heavy atom. The number of carbonyl (C=O) groups excluding carboxylic acids is 1. The largest absolute Gasteiger partial charge is 0.465 e. The second-order valence-electron chi connectivity index (χ2n) is 7.86. The van der Waals surface area contributed by atoms with Crippen LogP contribution in [0.3, 0.4) is 0 Å². The Morgan fingerprint density at radius 1 is 1.25 bits per heavy atom. The van der Waals surface area contributed by atoms with Crippen molar-refractivity contribution in [3.05, 3.63) is 48.3 Å². The molecule has 0 spiro atoms. The second-order valence-corrected chi connectivity index (χ2v) is 9.75. The fourth-order valence-electron chi connectivity index (χ4n) is 3.01. The van der Waals surface area contributed by atoms with Crippen LogP contribution < -0.4 is 14.9 Å². The molecule has 1 heterocycles. The number of ether oxygens (including phenoxy) is 1. The van der Waals surface area contributed by atoms with Crippen LogP contribution in [0.5, 0.6) is 0 Å². The number of hydrogen-bond acceptors (Lipinski definition) is 6. The highest BCUT2D eigenvalue weighted by Crippen LogP contribution is 2.20. The van der Waals surface area contributed by atoms with Gasteiger partial charge in [-0.3, -0.25) is 8.99 Å². The molecule has 0 fully saturated rings. The monoisotopic (exact) mass is 467 g/mol. The first-order valence-electron chi connectivity index (χ1n) is 9.93. The summed E-state index contributed by atoms with van der Waals surface area (Å²) in [5, 5.41) is 17.8. The summed E-state index contributed by atoms with van der Waals surface area (Å²) in [5.74, 6) is -0.451. The van der Waals surface area contributed by atoms with E-state index in [0.717, 1.165) is 5.56 Å². The Balaban J connectivity index is 1.95. The van der Waals surface area contributed by atoms with Crippen LogP contribution in [0.4, 0.5) is 15.3 Å². The quantitative estimate of drug-likeness (QED) is 0.428. The van der Waals surface area contributed by atoms with Gasteiger partial charge in [0.1, 0.15) is 6.61 Å². The van der Waals surface area contributed by atoms with Gasteiger partial charge in [0.15, 0.2) is 0 Å². The summed E-state index contributed by atoms with van der Waals surface area (Å²) in [4.78, 5) is 22.9. The second kappa shape index (κ2) is 10.8. The predicted molar refractivity (Wildman–Crippen MR) is 119 cm³/mol. The zero-order chi connectivity index (χ0) is 23.8. The molecule has 32 heavy (non-hydrogen) atoms. The molecular formula is C20H29N5O6S. The molecule has 2 aromatic rings. The molecule has 1 aromatic heterocycles. The lowest BCUT2D eigenvalue weighted by Gasteiger charge is -2.29. The number of alkyl carbamates (subject to hydrolysis) is 1. The lowest BCUT2D eigenvalue weighted by atomic mass is 10.1. The lowest BCUT2D eigenvalue weighted by Crippen LogP contribution is -2.51. The highest BCUT2D eigenvalue weighted by molar-refractivity contribution is 7.92. The van der Waals surface area contributed by atoms with Crippen molar-refractivity contribution in [2.24, 2.45) is 7.05 Å².